The van der Waals surface area contributed by atoms with Gasteiger partial charge < -0.3 is 5.11 Å². The molecule has 0 radical (unpaired) electrons. The summed E-state index contributed by atoms with van der Waals surface area (Å²) in [6.45, 7) is 6.09. The molecule has 0 atom stereocenters. The van der Waals surface area contributed by atoms with E-state index in [-0.39, 0.29) is 17.8 Å². The van der Waals surface area contributed by atoms with E-state index in [1.54, 1.807) is 0 Å². The summed E-state index contributed by atoms with van der Waals surface area (Å²) in [7, 11) is -3.27. The van der Waals surface area contributed by atoms with Crippen LogP contribution in [0.3, 0.4) is 0 Å². The SMILES string of the molecule is CCC(C)(C)CNS(=O)(=O)CCO. The van der Waals surface area contributed by atoms with E-state index in [1.807, 2.05) is 20.8 Å². The molecule has 2 N–H and O–H groups in total. The number of nitrogens with one attached hydrogen (secondary N) is 1. The van der Waals surface area contributed by atoms with Gasteiger partial charge in [0, 0.05) is 6.54 Å². The Balaban J connectivity index is 4.02. The van der Waals surface area contributed by atoms with E-state index in [0.29, 0.717) is 6.54 Å². The van der Waals surface area contributed by atoms with E-state index in [2.05, 4.69) is 4.72 Å². The van der Waals surface area contributed by atoms with Gasteiger partial charge in [-0.15, -0.1) is 0 Å². The highest BCUT2D eigenvalue weighted by Gasteiger charge is 2.18. The maximum Gasteiger partial charge on any atom is 0.213 e. The minimum atomic E-state index is -3.27. The standard InChI is InChI=1S/C8H19NO3S/c1-4-8(2,3)7-9-13(11,12)6-5-10/h9-10H,4-7H2,1-3H3. The minimum absolute atomic E-state index is 0.0253. The van der Waals surface area contributed by atoms with E-state index >= 15 is 0 Å². The first-order valence-corrected chi connectivity index (χ1v) is 6.06. The molecular formula is C8H19NO3S. The molecule has 0 saturated heterocycles. The van der Waals surface area contributed by atoms with Gasteiger partial charge in [0.25, 0.3) is 0 Å². The molecule has 0 unspecified atom stereocenters. The number of hydrogen-bond donors (Lipinski definition) is 2. The molecule has 0 fully saturated rings. The highest BCUT2D eigenvalue weighted by atomic mass is 32.2. The van der Waals surface area contributed by atoms with Gasteiger partial charge in [0.2, 0.25) is 10.0 Å². The molecule has 0 aromatic carbocycles. The second-order valence-corrected chi connectivity index (χ2v) is 5.81. The van der Waals surface area contributed by atoms with Crippen LogP contribution in [0.5, 0.6) is 0 Å². The van der Waals surface area contributed by atoms with Crippen LogP contribution in [-0.2, 0) is 10.0 Å². The van der Waals surface area contributed by atoms with Crippen molar-refractivity contribution in [2.75, 3.05) is 18.9 Å². The van der Waals surface area contributed by atoms with Gasteiger partial charge in [0.05, 0.1) is 12.4 Å². The molecule has 0 aliphatic heterocycles. The summed E-state index contributed by atoms with van der Waals surface area (Å²) in [5, 5.41) is 8.47. The average Bonchev–Trinajstić information content (AvgIpc) is 2.02. The molecule has 0 bridgehead atoms. The summed E-state index contributed by atoms with van der Waals surface area (Å²) in [5.74, 6) is -0.215. The third-order valence-electron chi connectivity index (χ3n) is 2.09. The monoisotopic (exact) mass is 209 g/mol. The van der Waals surface area contributed by atoms with Gasteiger partial charge in [-0.3, -0.25) is 0 Å². The van der Waals surface area contributed by atoms with Crippen molar-refractivity contribution < 1.29 is 13.5 Å². The van der Waals surface area contributed by atoms with E-state index < -0.39 is 10.0 Å². The van der Waals surface area contributed by atoms with E-state index in [9.17, 15) is 8.42 Å². The fourth-order valence-electron chi connectivity index (χ4n) is 0.623. The number of aliphatic hydroxyl groups excluding tert-OH is 1. The van der Waals surface area contributed by atoms with Gasteiger partial charge in [-0.1, -0.05) is 20.8 Å². The highest BCUT2D eigenvalue weighted by molar-refractivity contribution is 7.89. The summed E-state index contributed by atoms with van der Waals surface area (Å²) >= 11 is 0. The van der Waals surface area contributed by atoms with Crippen molar-refractivity contribution >= 4 is 10.0 Å². The smallest absolute Gasteiger partial charge is 0.213 e. The first kappa shape index (κ1) is 12.9. The van der Waals surface area contributed by atoms with Crippen LogP contribution < -0.4 is 4.72 Å². The largest absolute Gasteiger partial charge is 0.395 e. The van der Waals surface area contributed by atoms with Crippen molar-refractivity contribution in [3.63, 3.8) is 0 Å². The third kappa shape index (κ3) is 6.01. The second-order valence-electron chi connectivity index (χ2n) is 3.88. The van der Waals surface area contributed by atoms with Crippen molar-refractivity contribution in [3.8, 4) is 0 Å². The number of sulfonamides is 1. The lowest BCUT2D eigenvalue weighted by Crippen LogP contribution is -2.35. The Labute approximate surface area is 80.4 Å². The average molecular weight is 209 g/mol. The predicted octanol–water partition coefficient (Wildman–Crippen LogP) is 0.334. The van der Waals surface area contributed by atoms with E-state index in [4.69, 9.17) is 5.11 Å². The summed E-state index contributed by atoms with van der Waals surface area (Å²) in [4.78, 5) is 0. The molecule has 0 rings (SSSR count). The molecular weight excluding hydrogens is 190 g/mol. The first-order chi connectivity index (χ1) is 5.83. The van der Waals surface area contributed by atoms with Crippen molar-refractivity contribution in [3.05, 3.63) is 0 Å². The lowest BCUT2D eigenvalue weighted by molar-refractivity contribution is 0.317. The molecule has 0 aromatic heterocycles. The van der Waals surface area contributed by atoms with Crippen LogP contribution in [0.15, 0.2) is 0 Å². The zero-order valence-electron chi connectivity index (χ0n) is 8.50. The normalized spacial score (nSPS) is 13.2. The second kappa shape index (κ2) is 4.93. The minimum Gasteiger partial charge on any atom is -0.395 e. The number of aliphatic hydroxyl groups is 1. The fourth-order valence-corrected chi connectivity index (χ4v) is 1.62. The Hall–Kier alpha value is -0.130. The lowest BCUT2D eigenvalue weighted by Gasteiger charge is -2.22. The van der Waals surface area contributed by atoms with Crippen molar-refractivity contribution in [2.45, 2.75) is 27.2 Å². The van der Waals surface area contributed by atoms with Crippen molar-refractivity contribution in [2.24, 2.45) is 5.41 Å². The Morgan fingerprint density at radius 1 is 1.38 bits per heavy atom. The Bertz CT molecular complexity index is 234. The number of hydrogen-bond acceptors (Lipinski definition) is 3. The Kier molecular flexibility index (Phi) is 4.88. The molecule has 0 aliphatic carbocycles. The fraction of sp³-hybridized carbons (Fsp3) is 1.00. The topological polar surface area (TPSA) is 66.4 Å². The summed E-state index contributed by atoms with van der Waals surface area (Å²) < 4.78 is 24.7. The van der Waals surface area contributed by atoms with Crippen molar-refractivity contribution in [1.29, 1.82) is 0 Å². The van der Waals surface area contributed by atoms with Gasteiger partial charge in [0.15, 0.2) is 0 Å². The quantitative estimate of drug-likeness (QED) is 0.662. The Morgan fingerprint density at radius 2 is 1.92 bits per heavy atom. The zero-order valence-corrected chi connectivity index (χ0v) is 9.32. The predicted molar refractivity (Wildman–Crippen MR) is 52.9 cm³/mol. The summed E-state index contributed by atoms with van der Waals surface area (Å²) in [6, 6.07) is 0. The van der Waals surface area contributed by atoms with Crippen LogP contribution in [0.4, 0.5) is 0 Å². The van der Waals surface area contributed by atoms with Gasteiger partial charge in [-0.25, -0.2) is 13.1 Å². The summed E-state index contributed by atoms with van der Waals surface area (Å²) in [6.07, 6.45) is 0.911. The number of rotatable bonds is 6. The lowest BCUT2D eigenvalue weighted by atomic mass is 9.91. The molecule has 80 valence electrons. The van der Waals surface area contributed by atoms with E-state index in [1.165, 1.54) is 0 Å². The van der Waals surface area contributed by atoms with Crippen LogP contribution in [0, 0.1) is 5.41 Å². The molecule has 0 amide bonds. The van der Waals surface area contributed by atoms with Crippen LogP contribution in [0.2, 0.25) is 0 Å². The van der Waals surface area contributed by atoms with Gasteiger partial charge in [0.1, 0.15) is 0 Å². The van der Waals surface area contributed by atoms with Gasteiger partial charge in [-0.2, -0.15) is 0 Å². The van der Waals surface area contributed by atoms with Gasteiger partial charge >= 0.3 is 0 Å². The van der Waals surface area contributed by atoms with E-state index in [0.717, 1.165) is 6.42 Å². The summed E-state index contributed by atoms with van der Waals surface area (Å²) in [5.41, 5.74) is -0.0253. The maximum absolute atomic E-state index is 11.1. The molecule has 0 aliphatic rings. The molecule has 0 saturated carbocycles. The molecule has 13 heavy (non-hydrogen) atoms. The van der Waals surface area contributed by atoms with Crippen LogP contribution in [0.25, 0.3) is 0 Å². The molecule has 0 aromatic rings. The van der Waals surface area contributed by atoms with Crippen molar-refractivity contribution in [1.82, 2.24) is 4.72 Å². The maximum atomic E-state index is 11.1. The molecule has 0 spiro atoms. The first-order valence-electron chi connectivity index (χ1n) is 4.41. The van der Waals surface area contributed by atoms with Crippen LogP contribution in [0.1, 0.15) is 27.2 Å². The molecule has 0 heterocycles. The highest BCUT2D eigenvalue weighted by Crippen LogP contribution is 2.17. The zero-order chi connectivity index (χ0) is 10.5. The molecule has 5 heteroatoms. The molecule has 4 nitrogen and oxygen atoms in total. The van der Waals surface area contributed by atoms with Gasteiger partial charge in [-0.05, 0) is 11.8 Å². The Morgan fingerprint density at radius 3 is 2.31 bits per heavy atom. The third-order valence-corrected chi connectivity index (χ3v) is 3.39. The van der Waals surface area contributed by atoms with Crippen LogP contribution >= 0.6 is 0 Å². The van der Waals surface area contributed by atoms with Crippen LogP contribution in [-0.4, -0.2) is 32.4 Å².